The van der Waals surface area contributed by atoms with Crippen molar-refractivity contribution >= 4 is 11.9 Å². The van der Waals surface area contributed by atoms with Crippen LogP contribution in [0.4, 0.5) is 0 Å². The van der Waals surface area contributed by atoms with Gasteiger partial charge in [-0.15, -0.1) is 0 Å². The number of unbranched alkanes of at least 4 members (excludes halogenated alkanes) is 3. The Morgan fingerprint density at radius 3 is 2.00 bits per heavy atom. The van der Waals surface area contributed by atoms with E-state index >= 15 is 0 Å². The number of carbonyl (C=O) groups excluding carboxylic acids is 1. The molecule has 0 fully saturated rings. The van der Waals surface area contributed by atoms with Gasteiger partial charge in [0.25, 0.3) is 0 Å². The molecule has 16 heavy (non-hydrogen) atoms. The molecule has 0 aliphatic rings. The second-order valence-corrected chi connectivity index (χ2v) is 3.88. The van der Waals surface area contributed by atoms with E-state index in [2.05, 4.69) is 11.7 Å². The highest BCUT2D eigenvalue weighted by molar-refractivity contribution is 5.69. The number of carboxylic acids is 1. The molecule has 0 saturated heterocycles. The number of rotatable bonds is 6. The summed E-state index contributed by atoms with van der Waals surface area (Å²) >= 11 is 0. The van der Waals surface area contributed by atoms with E-state index in [1.165, 1.54) is 20.0 Å². The molecular formula is C12H24O4. The summed E-state index contributed by atoms with van der Waals surface area (Å²) in [5, 5.41) is 7.99. The highest BCUT2D eigenvalue weighted by Gasteiger charge is 1.99. The number of esters is 1. The highest BCUT2D eigenvalue weighted by Crippen LogP contribution is 2.02. The Balaban J connectivity index is 0. The fraction of sp³-hybridized carbons (Fsp3) is 0.833. The normalized spacial score (nSPS) is 9.31. The Morgan fingerprint density at radius 1 is 1.19 bits per heavy atom. The molecular weight excluding hydrogens is 208 g/mol. The maximum atomic E-state index is 10.6. The monoisotopic (exact) mass is 232 g/mol. The first-order valence-corrected chi connectivity index (χ1v) is 5.75. The van der Waals surface area contributed by atoms with Gasteiger partial charge in [0.2, 0.25) is 0 Å². The van der Waals surface area contributed by atoms with Crippen molar-refractivity contribution in [2.45, 2.75) is 52.9 Å². The van der Waals surface area contributed by atoms with Crippen LogP contribution in [-0.2, 0) is 14.3 Å². The molecule has 0 aliphatic carbocycles. The number of carboxylic acid groups (broad SMARTS) is 1. The van der Waals surface area contributed by atoms with Crippen molar-refractivity contribution in [2.24, 2.45) is 5.92 Å². The van der Waals surface area contributed by atoms with Crippen LogP contribution in [-0.4, -0.2) is 24.2 Å². The summed E-state index contributed by atoms with van der Waals surface area (Å²) in [6.45, 7) is 5.43. The van der Waals surface area contributed by atoms with Crippen molar-refractivity contribution < 1.29 is 19.4 Å². The molecule has 0 radical (unpaired) electrons. The van der Waals surface area contributed by atoms with Gasteiger partial charge in [-0.05, 0) is 6.42 Å². The summed E-state index contributed by atoms with van der Waals surface area (Å²) < 4.78 is 4.49. The lowest BCUT2D eigenvalue weighted by atomic mass is 10.2. The van der Waals surface area contributed by atoms with Gasteiger partial charge < -0.3 is 9.84 Å². The second-order valence-electron chi connectivity index (χ2n) is 3.88. The first-order valence-electron chi connectivity index (χ1n) is 5.75. The highest BCUT2D eigenvalue weighted by atomic mass is 16.5. The lowest BCUT2D eigenvalue weighted by molar-refractivity contribution is -0.141. The van der Waals surface area contributed by atoms with Gasteiger partial charge in [-0.25, -0.2) is 0 Å². The van der Waals surface area contributed by atoms with Gasteiger partial charge in [0.05, 0.1) is 13.0 Å². The SMILES string of the molecule is CC(C)C(=O)O.CCCCCCC(=O)OC. The van der Waals surface area contributed by atoms with Crippen molar-refractivity contribution in [1.29, 1.82) is 0 Å². The first-order chi connectivity index (χ1) is 7.45. The third-order valence-electron chi connectivity index (χ3n) is 1.96. The Labute approximate surface area is 98.0 Å². The van der Waals surface area contributed by atoms with Crippen molar-refractivity contribution in [3.63, 3.8) is 0 Å². The maximum Gasteiger partial charge on any atom is 0.305 e. The van der Waals surface area contributed by atoms with Crippen LogP contribution >= 0.6 is 0 Å². The van der Waals surface area contributed by atoms with E-state index < -0.39 is 5.97 Å². The molecule has 0 bridgehead atoms. The van der Waals surface area contributed by atoms with Gasteiger partial charge in [0.15, 0.2) is 0 Å². The molecule has 0 aromatic heterocycles. The van der Waals surface area contributed by atoms with Gasteiger partial charge in [-0.3, -0.25) is 9.59 Å². The van der Waals surface area contributed by atoms with Crippen molar-refractivity contribution in [2.75, 3.05) is 7.11 Å². The van der Waals surface area contributed by atoms with Crippen LogP contribution in [0, 0.1) is 5.92 Å². The molecule has 1 N–H and O–H groups in total. The van der Waals surface area contributed by atoms with Gasteiger partial charge >= 0.3 is 11.9 Å². The molecule has 0 aromatic carbocycles. The molecule has 0 aromatic rings. The Bertz CT molecular complexity index is 187. The van der Waals surface area contributed by atoms with Crippen LogP contribution in [0.3, 0.4) is 0 Å². The quantitative estimate of drug-likeness (QED) is 0.565. The topological polar surface area (TPSA) is 63.6 Å². The molecule has 96 valence electrons. The number of methoxy groups -OCH3 is 1. The summed E-state index contributed by atoms with van der Waals surface area (Å²) in [5.74, 6) is -1.06. The third kappa shape index (κ3) is 15.4. The van der Waals surface area contributed by atoms with Gasteiger partial charge in [0.1, 0.15) is 0 Å². The predicted octanol–water partition coefficient (Wildman–Crippen LogP) is 2.86. The average Bonchev–Trinajstić information content (AvgIpc) is 2.24. The van der Waals surface area contributed by atoms with Gasteiger partial charge in [-0.2, -0.15) is 0 Å². The lowest BCUT2D eigenvalue weighted by Crippen LogP contribution is -2.03. The lowest BCUT2D eigenvalue weighted by Gasteiger charge is -1.97. The molecule has 0 rings (SSSR count). The summed E-state index contributed by atoms with van der Waals surface area (Å²) in [6, 6.07) is 0. The van der Waals surface area contributed by atoms with E-state index in [0.717, 1.165) is 12.8 Å². The Hall–Kier alpha value is -1.06. The number of hydrogen-bond donors (Lipinski definition) is 1. The van der Waals surface area contributed by atoms with Crippen LogP contribution in [0.5, 0.6) is 0 Å². The number of hydrogen-bond acceptors (Lipinski definition) is 3. The zero-order chi connectivity index (χ0) is 13.0. The third-order valence-corrected chi connectivity index (χ3v) is 1.96. The Kier molecular flexibility index (Phi) is 13.0. The first kappa shape index (κ1) is 17.3. The Morgan fingerprint density at radius 2 is 1.69 bits per heavy atom. The maximum absolute atomic E-state index is 10.6. The molecule has 0 aliphatic heterocycles. The van der Waals surface area contributed by atoms with E-state index in [0.29, 0.717) is 6.42 Å². The summed E-state index contributed by atoms with van der Waals surface area (Å²) in [4.78, 5) is 20.3. The molecule has 0 atom stereocenters. The summed E-state index contributed by atoms with van der Waals surface area (Å²) in [7, 11) is 1.43. The van der Waals surface area contributed by atoms with Gasteiger partial charge in [-0.1, -0.05) is 40.0 Å². The van der Waals surface area contributed by atoms with E-state index in [4.69, 9.17) is 5.11 Å². The minimum Gasteiger partial charge on any atom is -0.481 e. The minimum absolute atomic E-state index is 0.0869. The molecule has 0 heterocycles. The standard InChI is InChI=1S/C8H16O2.C4H8O2/c1-3-4-5-6-7-8(9)10-2;1-3(2)4(5)6/h3-7H2,1-2H3;3H,1-2H3,(H,5,6). The number of ether oxygens (including phenoxy) is 1. The average molecular weight is 232 g/mol. The molecule has 4 nitrogen and oxygen atoms in total. The molecule has 0 amide bonds. The van der Waals surface area contributed by atoms with Gasteiger partial charge in [0, 0.05) is 6.42 Å². The largest absolute Gasteiger partial charge is 0.481 e. The van der Waals surface area contributed by atoms with E-state index in [-0.39, 0.29) is 11.9 Å². The fourth-order valence-electron chi connectivity index (χ4n) is 0.798. The molecule has 0 saturated carbocycles. The van der Waals surface area contributed by atoms with Crippen LogP contribution in [0.25, 0.3) is 0 Å². The van der Waals surface area contributed by atoms with Crippen LogP contribution in [0.15, 0.2) is 0 Å². The van der Waals surface area contributed by atoms with Crippen LogP contribution in [0.2, 0.25) is 0 Å². The smallest absolute Gasteiger partial charge is 0.305 e. The van der Waals surface area contributed by atoms with Crippen molar-refractivity contribution in [3.05, 3.63) is 0 Å². The molecule has 0 spiro atoms. The summed E-state index contributed by atoms with van der Waals surface area (Å²) in [5.41, 5.74) is 0. The molecule has 0 unspecified atom stereocenters. The van der Waals surface area contributed by atoms with Crippen molar-refractivity contribution in [1.82, 2.24) is 0 Å². The zero-order valence-electron chi connectivity index (χ0n) is 10.8. The number of aliphatic carboxylic acids is 1. The fourth-order valence-corrected chi connectivity index (χ4v) is 0.798. The predicted molar refractivity (Wildman–Crippen MR) is 63.2 cm³/mol. The second kappa shape index (κ2) is 12.0. The number of carbonyl (C=O) groups is 2. The zero-order valence-corrected chi connectivity index (χ0v) is 10.8. The minimum atomic E-state index is -0.741. The summed E-state index contributed by atoms with van der Waals surface area (Å²) in [6.07, 6.45) is 5.13. The van der Waals surface area contributed by atoms with E-state index in [1.54, 1.807) is 13.8 Å². The van der Waals surface area contributed by atoms with E-state index in [1.807, 2.05) is 0 Å². The van der Waals surface area contributed by atoms with Crippen molar-refractivity contribution in [3.8, 4) is 0 Å². The molecule has 4 heteroatoms. The van der Waals surface area contributed by atoms with Crippen LogP contribution in [0.1, 0.15) is 52.9 Å². The van der Waals surface area contributed by atoms with E-state index in [9.17, 15) is 9.59 Å². The van der Waals surface area contributed by atoms with Crippen LogP contribution < -0.4 is 0 Å².